The maximum atomic E-state index is 11.6. The number of hydrogen-bond donors (Lipinski definition) is 1. The summed E-state index contributed by atoms with van der Waals surface area (Å²) in [5.41, 5.74) is 0. The largest absolute Gasteiger partial charge is 0.391 e. The van der Waals surface area contributed by atoms with Crippen molar-refractivity contribution in [2.24, 2.45) is 0 Å². The van der Waals surface area contributed by atoms with Gasteiger partial charge >= 0.3 is 7.60 Å². The summed E-state index contributed by atoms with van der Waals surface area (Å²) >= 11 is 0. The molecule has 0 spiro atoms. The molecule has 0 aromatic rings. The molecule has 0 rings (SSSR count). The van der Waals surface area contributed by atoms with Crippen LogP contribution < -0.4 is 0 Å². The molecular weight excluding hydrogens is 231 g/mol. The summed E-state index contributed by atoms with van der Waals surface area (Å²) in [7, 11) is -0.312. The van der Waals surface area contributed by atoms with E-state index in [9.17, 15) is 9.67 Å². The summed E-state index contributed by atoms with van der Waals surface area (Å²) < 4.78 is 26.4. The molecule has 5 nitrogen and oxygen atoms in total. The minimum atomic E-state index is -3.00. The molecule has 0 amide bonds. The molecule has 1 N–H and O–H groups in total. The van der Waals surface area contributed by atoms with Crippen LogP contribution in [0.15, 0.2) is 0 Å². The van der Waals surface area contributed by atoms with Gasteiger partial charge in [0, 0.05) is 20.8 Å². The normalized spacial score (nSPS) is 14.0. The van der Waals surface area contributed by atoms with Crippen LogP contribution in [-0.4, -0.2) is 44.8 Å². The van der Waals surface area contributed by atoms with Gasteiger partial charge in [-0.3, -0.25) is 4.57 Å². The molecule has 16 heavy (non-hydrogen) atoms. The van der Waals surface area contributed by atoms with Gasteiger partial charge in [0.2, 0.25) is 0 Å². The highest BCUT2D eigenvalue weighted by atomic mass is 31.2. The molecule has 6 heteroatoms. The summed E-state index contributed by atoms with van der Waals surface area (Å²) in [5, 5.41) is 9.55. The van der Waals surface area contributed by atoms with Gasteiger partial charge in [0.15, 0.2) is 0 Å². The fraction of sp³-hybridized carbons (Fsp3) is 1.00. The first kappa shape index (κ1) is 16.1. The van der Waals surface area contributed by atoms with Crippen LogP contribution in [0.25, 0.3) is 0 Å². The molecule has 0 saturated heterocycles. The molecule has 0 heterocycles. The molecule has 1 atom stereocenters. The highest BCUT2D eigenvalue weighted by molar-refractivity contribution is 7.53. The molecule has 1 unspecified atom stereocenters. The zero-order valence-electron chi connectivity index (χ0n) is 10.3. The minimum absolute atomic E-state index is 0.207. The Morgan fingerprint density at radius 2 is 1.94 bits per heavy atom. The number of aliphatic hydroxyl groups is 1. The Labute approximate surface area is 97.6 Å². The van der Waals surface area contributed by atoms with E-state index < -0.39 is 13.7 Å². The first-order valence-corrected chi connectivity index (χ1v) is 7.27. The van der Waals surface area contributed by atoms with Crippen molar-refractivity contribution in [2.45, 2.75) is 32.3 Å². The Balaban J connectivity index is 3.63. The Kier molecular flexibility index (Phi) is 9.18. The van der Waals surface area contributed by atoms with Crippen molar-refractivity contribution in [1.82, 2.24) is 0 Å². The molecule has 0 bridgehead atoms. The molecule has 0 aliphatic carbocycles. The van der Waals surface area contributed by atoms with Crippen molar-refractivity contribution in [3.05, 3.63) is 0 Å². The van der Waals surface area contributed by atoms with E-state index in [1.807, 2.05) is 0 Å². The van der Waals surface area contributed by atoms with E-state index in [4.69, 9.17) is 13.8 Å². The fourth-order valence-corrected chi connectivity index (χ4v) is 2.24. The van der Waals surface area contributed by atoms with Gasteiger partial charge in [0.25, 0.3) is 0 Å². The van der Waals surface area contributed by atoms with E-state index >= 15 is 0 Å². The lowest BCUT2D eigenvalue weighted by atomic mass is 10.3. The van der Waals surface area contributed by atoms with Crippen LogP contribution in [0.2, 0.25) is 0 Å². The summed E-state index contributed by atoms with van der Waals surface area (Å²) in [6, 6.07) is 0. The summed E-state index contributed by atoms with van der Waals surface area (Å²) in [5.74, 6) is 0. The first-order chi connectivity index (χ1) is 7.58. The highest BCUT2D eigenvalue weighted by Crippen LogP contribution is 2.46. The number of ether oxygens (including phenoxy) is 1. The van der Waals surface area contributed by atoms with E-state index in [0.717, 1.165) is 12.8 Å². The second kappa shape index (κ2) is 9.14. The average molecular weight is 254 g/mol. The molecule has 0 fully saturated rings. The van der Waals surface area contributed by atoms with E-state index in [0.29, 0.717) is 13.0 Å². The summed E-state index contributed by atoms with van der Waals surface area (Å²) in [4.78, 5) is 0. The molecule has 0 radical (unpaired) electrons. The predicted molar refractivity (Wildman–Crippen MR) is 62.8 cm³/mol. The third-order valence-corrected chi connectivity index (χ3v) is 4.16. The maximum Gasteiger partial charge on any atom is 0.330 e. The quantitative estimate of drug-likeness (QED) is 0.477. The van der Waals surface area contributed by atoms with Crippen LogP contribution in [0.1, 0.15) is 26.2 Å². The molecule has 0 aromatic carbocycles. The Bertz CT molecular complexity index is 201. The number of hydrogen-bond acceptors (Lipinski definition) is 5. The van der Waals surface area contributed by atoms with Crippen LogP contribution in [0.5, 0.6) is 0 Å². The van der Waals surface area contributed by atoms with E-state index in [1.54, 1.807) is 0 Å². The lowest BCUT2D eigenvalue weighted by molar-refractivity contribution is 0.0336. The van der Waals surface area contributed by atoms with Crippen molar-refractivity contribution in [1.29, 1.82) is 0 Å². The SMILES string of the molecule is CCCCOCC(O)CCP(=O)(OC)OC. The second-order valence-corrected chi connectivity index (χ2v) is 5.97. The summed E-state index contributed by atoms with van der Waals surface area (Å²) in [6.07, 6.45) is 2.00. The van der Waals surface area contributed by atoms with Crippen molar-refractivity contribution >= 4 is 7.60 Å². The minimum Gasteiger partial charge on any atom is -0.391 e. The molecule has 0 aliphatic rings. The highest BCUT2D eigenvalue weighted by Gasteiger charge is 2.22. The lowest BCUT2D eigenvalue weighted by Gasteiger charge is -2.16. The van der Waals surface area contributed by atoms with Gasteiger partial charge in [-0.25, -0.2) is 0 Å². The number of rotatable bonds is 10. The Morgan fingerprint density at radius 3 is 2.44 bits per heavy atom. The van der Waals surface area contributed by atoms with Crippen molar-refractivity contribution in [3.63, 3.8) is 0 Å². The monoisotopic (exact) mass is 254 g/mol. The Morgan fingerprint density at radius 1 is 1.31 bits per heavy atom. The predicted octanol–water partition coefficient (Wildman–Crippen LogP) is 2.04. The third-order valence-electron chi connectivity index (χ3n) is 2.24. The topological polar surface area (TPSA) is 65.0 Å². The zero-order valence-corrected chi connectivity index (χ0v) is 11.2. The van der Waals surface area contributed by atoms with Crippen LogP contribution in [-0.2, 0) is 18.3 Å². The maximum absolute atomic E-state index is 11.6. The van der Waals surface area contributed by atoms with Gasteiger partial charge in [-0.2, -0.15) is 0 Å². The van der Waals surface area contributed by atoms with Crippen molar-refractivity contribution in [2.75, 3.05) is 33.6 Å². The lowest BCUT2D eigenvalue weighted by Crippen LogP contribution is -2.17. The van der Waals surface area contributed by atoms with Gasteiger partial charge in [-0.05, 0) is 12.8 Å². The molecule has 0 aromatic heterocycles. The van der Waals surface area contributed by atoms with E-state index in [1.165, 1.54) is 14.2 Å². The van der Waals surface area contributed by atoms with Crippen molar-refractivity contribution < 1.29 is 23.5 Å². The van der Waals surface area contributed by atoms with Gasteiger partial charge in [0.05, 0.1) is 18.9 Å². The van der Waals surface area contributed by atoms with E-state index in [-0.39, 0.29) is 12.8 Å². The fourth-order valence-electron chi connectivity index (χ4n) is 1.11. The molecule has 0 aliphatic heterocycles. The second-order valence-electron chi connectivity index (χ2n) is 3.57. The van der Waals surface area contributed by atoms with Gasteiger partial charge in [-0.15, -0.1) is 0 Å². The molecule has 98 valence electrons. The third kappa shape index (κ3) is 7.36. The van der Waals surface area contributed by atoms with Crippen LogP contribution in [0.4, 0.5) is 0 Å². The number of unbranched alkanes of at least 4 members (excludes halogenated alkanes) is 1. The standard InChI is InChI=1S/C10H23O5P/c1-4-5-7-15-9-10(11)6-8-16(12,13-2)14-3/h10-11H,4-9H2,1-3H3. The van der Waals surface area contributed by atoms with E-state index in [2.05, 4.69) is 6.92 Å². The van der Waals surface area contributed by atoms with Crippen molar-refractivity contribution in [3.8, 4) is 0 Å². The van der Waals surface area contributed by atoms with Gasteiger partial charge in [0.1, 0.15) is 0 Å². The summed E-state index contributed by atoms with van der Waals surface area (Å²) in [6.45, 7) is 3.00. The molecule has 0 saturated carbocycles. The zero-order chi connectivity index (χ0) is 12.4. The van der Waals surface area contributed by atoms with Crippen LogP contribution >= 0.6 is 7.60 Å². The Hall–Kier alpha value is 0.0700. The van der Waals surface area contributed by atoms with Gasteiger partial charge < -0.3 is 18.9 Å². The van der Waals surface area contributed by atoms with Crippen LogP contribution in [0, 0.1) is 0 Å². The first-order valence-electron chi connectivity index (χ1n) is 5.54. The number of aliphatic hydroxyl groups excluding tert-OH is 1. The van der Waals surface area contributed by atoms with Crippen LogP contribution in [0.3, 0.4) is 0 Å². The average Bonchev–Trinajstić information content (AvgIpc) is 2.31. The smallest absolute Gasteiger partial charge is 0.330 e. The molecular formula is C10H23O5P. The van der Waals surface area contributed by atoms with Gasteiger partial charge in [-0.1, -0.05) is 13.3 Å².